The molecule has 1 aromatic heterocycles. The molecule has 110 valence electrons. The summed E-state index contributed by atoms with van der Waals surface area (Å²) >= 11 is 0. The van der Waals surface area contributed by atoms with Gasteiger partial charge in [0.25, 0.3) is 5.91 Å². The lowest BCUT2D eigenvalue weighted by atomic mass is 10.1. The second-order valence-electron chi connectivity index (χ2n) is 5.87. The Labute approximate surface area is 121 Å². The molecule has 1 aliphatic carbocycles. The van der Waals surface area contributed by atoms with Crippen LogP contribution in [0.15, 0.2) is 18.3 Å². The number of carbonyl (C=O) groups excluding carboxylic acids is 1. The van der Waals surface area contributed by atoms with Gasteiger partial charge in [-0.25, -0.2) is 4.98 Å². The van der Waals surface area contributed by atoms with Gasteiger partial charge in [-0.3, -0.25) is 4.79 Å². The number of rotatable bonds is 7. The molecule has 1 heterocycles. The number of carbonyl (C=O) groups is 1. The van der Waals surface area contributed by atoms with Crippen molar-refractivity contribution in [2.45, 2.75) is 46.1 Å². The minimum atomic E-state index is 0.128. The molecule has 20 heavy (non-hydrogen) atoms. The van der Waals surface area contributed by atoms with E-state index in [0.29, 0.717) is 17.5 Å². The molecule has 1 fully saturated rings. The molecule has 2 rings (SSSR count). The second-order valence-corrected chi connectivity index (χ2v) is 5.87. The average molecular weight is 275 g/mol. The van der Waals surface area contributed by atoms with Crippen molar-refractivity contribution in [3.05, 3.63) is 23.9 Å². The summed E-state index contributed by atoms with van der Waals surface area (Å²) < 4.78 is 0. The second kappa shape index (κ2) is 6.73. The Morgan fingerprint density at radius 2 is 2.20 bits per heavy atom. The lowest BCUT2D eigenvalue weighted by Gasteiger charge is -2.23. The topological polar surface area (TPSA) is 45.2 Å². The van der Waals surface area contributed by atoms with Crippen LogP contribution in [-0.4, -0.2) is 34.9 Å². The van der Waals surface area contributed by atoms with E-state index in [-0.39, 0.29) is 5.91 Å². The number of aromatic nitrogens is 1. The van der Waals surface area contributed by atoms with Crippen LogP contribution in [0, 0.1) is 5.92 Å². The van der Waals surface area contributed by atoms with Gasteiger partial charge in [-0.2, -0.15) is 0 Å². The molecular formula is C16H25N3O. The number of hydrogen-bond acceptors (Lipinski definition) is 3. The van der Waals surface area contributed by atoms with E-state index in [0.717, 1.165) is 38.2 Å². The highest BCUT2D eigenvalue weighted by Gasteiger charge is 2.32. The number of anilines is 1. The van der Waals surface area contributed by atoms with Gasteiger partial charge in [-0.15, -0.1) is 0 Å². The first kappa shape index (κ1) is 14.8. The van der Waals surface area contributed by atoms with E-state index < -0.39 is 0 Å². The third-order valence-electron chi connectivity index (χ3n) is 3.56. The lowest BCUT2D eigenvalue weighted by molar-refractivity contribution is 0.0735. The summed E-state index contributed by atoms with van der Waals surface area (Å²) in [6, 6.07) is 4.21. The molecule has 0 aliphatic heterocycles. The van der Waals surface area contributed by atoms with Crippen molar-refractivity contribution in [1.29, 1.82) is 0 Å². The highest BCUT2D eigenvalue weighted by Crippen LogP contribution is 2.29. The minimum Gasteiger partial charge on any atom is -0.370 e. The van der Waals surface area contributed by atoms with Crippen LogP contribution in [0.3, 0.4) is 0 Å². The lowest BCUT2D eigenvalue weighted by Crippen LogP contribution is -2.34. The normalized spacial score (nSPS) is 14.4. The average Bonchev–Trinajstić information content (AvgIpc) is 3.24. The zero-order chi connectivity index (χ0) is 14.5. The predicted molar refractivity (Wildman–Crippen MR) is 81.9 cm³/mol. The quantitative estimate of drug-likeness (QED) is 0.831. The Bertz CT molecular complexity index is 438. The fraction of sp³-hybridized carbons (Fsp3) is 0.625. The maximum atomic E-state index is 12.6. The van der Waals surface area contributed by atoms with Gasteiger partial charge in [0.2, 0.25) is 0 Å². The van der Waals surface area contributed by atoms with Crippen LogP contribution < -0.4 is 5.32 Å². The van der Waals surface area contributed by atoms with Crippen LogP contribution in [0.5, 0.6) is 0 Å². The third-order valence-corrected chi connectivity index (χ3v) is 3.56. The Balaban J connectivity index is 2.02. The zero-order valence-corrected chi connectivity index (χ0v) is 12.7. The fourth-order valence-electron chi connectivity index (χ4n) is 2.21. The molecule has 1 aliphatic rings. The summed E-state index contributed by atoms with van der Waals surface area (Å²) in [5, 5.41) is 3.14. The van der Waals surface area contributed by atoms with E-state index in [9.17, 15) is 4.79 Å². The molecule has 0 atom stereocenters. The molecule has 4 nitrogen and oxygen atoms in total. The van der Waals surface area contributed by atoms with Crippen LogP contribution >= 0.6 is 0 Å². The molecule has 1 amide bonds. The van der Waals surface area contributed by atoms with Crippen molar-refractivity contribution >= 4 is 11.7 Å². The molecule has 0 unspecified atom stereocenters. The molecule has 0 radical (unpaired) electrons. The van der Waals surface area contributed by atoms with Crippen LogP contribution in [0.4, 0.5) is 5.82 Å². The molecular weight excluding hydrogens is 250 g/mol. The van der Waals surface area contributed by atoms with Crippen molar-refractivity contribution < 1.29 is 4.79 Å². The Kier molecular flexibility index (Phi) is 4.99. The van der Waals surface area contributed by atoms with Crippen molar-refractivity contribution in [2.75, 3.05) is 18.4 Å². The monoisotopic (exact) mass is 275 g/mol. The molecule has 0 bridgehead atoms. The van der Waals surface area contributed by atoms with Gasteiger partial charge in [0.15, 0.2) is 0 Å². The maximum Gasteiger partial charge on any atom is 0.255 e. The molecule has 1 saturated carbocycles. The predicted octanol–water partition coefficient (Wildman–Crippen LogP) is 3.16. The van der Waals surface area contributed by atoms with Crippen molar-refractivity contribution in [3.63, 3.8) is 0 Å². The largest absolute Gasteiger partial charge is 0.370 e. The van der Waals surface area contributed by atoms with E-state index in [1.54, 1.807) is 6.20 Å². The van der Waals surface area contributed by atoms with Crippen LogP contribution in [-0.2, 0) is 0 Å². The summed E-state index contributed by atoms with van der Waals surface area (Å²) in [7, 11) is 0. The van der Waals surface area contributed by atoms with Crippen LogP contribution in [0.25, 0.3) is 0 Å². The van der Waals surface area contributed by atoms with Gasteiger partial charge in [-0.05, 0) is 44.2 Å². The van der Waals surface area contributed by atoms with Gasteiger partial charge in [0.1, 0.15) is 5.82 Å². The van der Waals surface area contributed by atoms with Crippen molar-refractivity contribution in [2.24, 2.45) is 5.92 Å². The van der Waals surface area contributed by atoms with Crippen LogP contribution in [0.1, 0.15) is 50.4 Å². The SMILES string of the molecule is CCNc1ccc(C(=O)N(CCC(C)C)C2CC2)cn1. The summed E-state index contributed by atoms with van der Waals surface area (Å²) in [4.78, 5) is 18.9. The summed E-state index contributed by atoms with van der Waals surface area (Å²) in [6.07, 6.45) is 5.04. The highest BCUT2D eigenvalue weighted by atomic mass is 16.2. The van der Waals surface area contributed by atoms with Gasteiger partial charge in [0.05, 0.1) is 5.56 Å². The Morgan fingerprint density at radius 3 is 2.70 bits per heavy atom. The fourth-order valence-corrected chi connectivity index (χ4v) is 2.21. The highest BCUT2D eigenvalue weighted by molar-refractivity contribution is 5.94. The minimum absolute atomic E-state index is 0.128. The molecule has 4 heteroatoms. The van der Waals surface area contributed by atoms with Gasteiger partial charge in [0, 0.05) is 25.3 Å². The summed E-state index contributed by atoms with van der Waals surface area (Å²) in [6.45, 7) is 8.12. The summed E-state index contributed by atoms with van der Waals surface area (Å²) in [5.41, 5.74) is 0.697. The first-order valence-corrected chi connectivity index (χ1v) is 7.62. The first-order chi connectivity index (χ1) is 9.61. The summed E-state index contributed by atoms with van der Waals surface area (Å²) in [5.74, 6) is 1.58. The number of hydrogen-bond donors (Lipinski definition) is 1. The van der Waals surface area contributed by atoms with Gasteiger partial charge < -0.3 is 10.2 Å². The molecule has 0 aromatic carbocycles. The Morgan fingerprint density at radius 1 is 1.45 bits per heavy atom. The Hall–Kier alpha value is -1.58. The van der Waals surface area contributed by atoms with Crippen molar-refractivity contribution in [3.8, 4) is 0 Å². The molecule has 1 N–H and O–H groups in total. The number of pyridine rings is 1. The van der Waals surface area contributed by atoms with E-state index >= 15 is 0 Å². The van der Waals surface area contributed by atoms with Gasteiger partial charge >= 0.3 is 0 Å². The number of nitrogens with one attached hydrogen (secondary N) is 1. The number of nitrogens with zero attached hydrogens (tertiary/aromatic N) is 2. The first-order valence-electron chi connectivity index (χ1n) is 7.62. The molecule has 0 saturated heterocycles. The molecule has 1 aromatic rings. The smallest absolute Gasteiger partial charge is 0.255 e. The standard InChI is InChI=1S/C16H25N3O/c1-4-17-15-8-5-13(11-18-15)16(20)19(14-6-7-14)10-9-12(2)3/h5,8,11-12,14H,4,6-7,9-10H2,1-3H3,(H,17,18). The zero-order valence-electron chi connectivity index (χ0n) is 12.7. The van der Waals surface area contributed by atoms with Crippen molar-refractivity contribution in [1.82, 2.24) is 9.88 Å². The van der Waals surface area contributed by atoms with E-state index in [2.05, 4.69) is 24.1 Å². The number of amides is 1. The van der Waals surface area contributed by atoms with Gasteiger partial charge in [-0.1, -0.05) is 13.8 Å². The van der Waals surface area contributed by atoms with E-state index in [4.69, 9.17) is 0 Å². The van der Waals surface area contributed by atoms with E-state index in [1.165, 1.54) is 0 Å². The third kappa shape index (κ3) is 3.95. The maximum absolute atomic E-state index is 12.6. The van der Waals surface area contributed by atoms with E-state index in [1.807, 2.05) is 24.0 Å². The molecule has 0 spiro atoms. The van der Waals surface area contributed by atoms with Crippen LogP contribution in [0.2, 0.25) is 0 Å².